The maximum atomic E-state index is 13.7. The quantitative estimate of drug-likeness (QED) is 0.273. The van der Waals surface area contributed by atoms with Gasteiger partial charge in [-0.25, -0.2) is 4.98 Å². The number of halogens is 3. The number of hydrogen-bond donors (Lipinski definition) is 2. The van der Waals surface area contributed by atoms with Crippen molar-refractivity contribution in [3.8, 4) is 0 Å². The van der Waals surface area contributed by atoms with Crippen LogP contribution in [-0.4, -0.2) is 45.0 Å². The second-order valence-corrected chi connectivity index (χ2v) is 11.4. The number of hydrogen-bond acceptors (Lipinski definition) is 7. The van der Waals surface area contributed by atoms with Crippen molar-refractivity contribution in [3.05, 3.63) is 45.5 Å². The van der Waals surface area contributed by atoms with E-state index in [-0.39, 0.29) is 18.8 Å². The molecule has 2 rings (SSSR count). The highest BCUT2D eigenvalue weighted by atomic mass is 32.1. The van der Waals surface area contributed by atoms with Crippen molar-refractivity contribution in [2.24, 2.45) is 17.3 Å². The smallest absolute Gasteiger partial charge is 0.412 e. The minimum atomic E-state index is -4.59. The summed E-state index contributed by atoms with van der Waals surface area (Å²) in [6, 6.07) is 0. The molecular formula is C27H36F3NO5S. The maximum absolute atomic E-state index is 13.7. The first-order valence-corrected chi connectivity index (χ1v) is 13.0. The summed E-state index contributed by atoms with van der Waals surface area (Å²) in [4.78, 5) is 30.2. The normalized spacial score (nSPS) is 26.5. The number of aromatic nitrogens is 1. The molecule has 0 aliphatic carbocycles. The van der Waals surface area contributed by atoms with E-state index in [0.717, 1.165) is 11.1 Å². The Labute approximate surface area is 219 Å². The molecule has 2 N–H and O–H groups in total. The zero-order valence-electron chi connectivity index (χ0n) is 22.1. The molecule has 1 aliphatic rings. The van der Waals surface area contributed by atoms with E-state index in [1.54, 1.807) is 38.3 Å². The third-order valence-electron chi connectivity index (χ3n) is 6.72. The van der Waals surface area contributed by atoms with E-state index in [0.29, 0.717) is 17.7 Å². The molecule has 0 aromatic carbocycles. The van der Waals surface area contributed by atoms with Crippen LogP contribution in [0.3, 0.4) is 0 Å². The summed E-state index contributed by atoms with van der Waals surface area (Å²) in [7, 11) is 0. The molecule has 3 atom stereocenters. The van der Waals surface area contributed by atoms with Crippen LogP contribution in [0.5, 0.6) is 0 Å². The average molecular weight is 544 g/mol. The Balaban J connectivity index is 2.52. The van der Waals surface area contributed by atoms with Gasteiger partial charge in [-0.05, 0) is 58.1 Å². The third kappa shape index (κ3) is 8.35. The van der Waals surface area contributed by atoms with Crippen molar-refractivity contribution in [2.75, 3.05) is 0 Å². The fourth-order valence-electron chi connectivity index (χ4n) is 4.27. The van der Waals surface area contributed by atoms with Gasteiger partial charge in [0.25, 0.3) is 0 Å². The summed E-state index contributed by atoms with van der Waals surface area (Å²) < 4.78 is 46.7. The topological polar surface area (TPSA) is 96.7 Å². The molecule has 0 spiro atoms. The van der Waals surface area contributed by atoms with Crippen molar-refractivity contribution in [3.63, 3.8) is 0 Å². The van der Waals surface area contributed by atoms with Crippen molar-refractivity contribution >= 4 is 29.2 Å². The zero-order valence-corrected chi connectivity index (χ0v) is 22.9. The number of alkyl halides is 3. The number of aliphatic hydroxyl groups is 2. The summed E-state index contributed by atoms with van der Waals surface area (Å²) in [5.74, 6) is -5.11. The first kappa shape index (κ1) is 30.9. The standard InChI is InChI=1S/C27H36F3NO5S/c1-16-8-7-9-20(27(28,29)30)10-11-22(17(2)13-21-15-37-19(4)31-21)36-23(32)14-26(34,35)25(5,6)24(33)18(3)12-16/h7-8,10,13,15-16,18,22,34-35H,9,11-12,14H2,1-6H3/t16-,18-,22+/m1/s1. The summed E-state index contributed by atoms with van der Waals surface area (Å²) in [6.07, 6.45) is -1.32. The molecule has 2 heterocycles. The molecule has 0 radical (unpaired) electrons. The van der Waals surface area contributed by atoms with Gasteiger partial charge in [-0.1, -0.05) is 32.1 Å². The van der Waals surface area contributed by atoms with E-state index in [9.17, 15) is 33.0 Å². The van der Waals surface area contributed by atoms with Crippen LogP contribution in [0.4, 0.5) is 13.2 Å². The number of cyclic esters (lactones) is 1. The number of aryl methyl sites for hydroxylation is 1. The largest absolute Gasteiger partial charge is 0.457 e. The van der Waals surface area contributed by atoms with Gasteiger partial charge in [0.2, 0.25) is 0 Å². The first-order chi connectivity index (χ1) is 16.9. The molecule has 1 aromatic rings. The number of Topliss-reactive ketones (excluding diaryl/α,β-unsaturated/α-hetero) is 1. The number of carbonyl (C=O) groups is 2. The zero-order chi connectivity index (χ0) is 28.2. The number of allylic oxidation sites excluding steroid dienone is 3. The van der Waals surface area contributed by atoms with E-state index >= 15 is 0 Å². The Morgan fingerprint density at radius 1 is 1.24 bits per heavy atom. The molecule has 206 valence electrons. The number of thiazole rings is 1. The van der Waals surface area contributed by atoms with Gasteiger partial charge < -0.3 is 14.9 Å². The van der Waals surface area contributed by atoms with Crippen LogP contribution in [0.25, 0.3) is 6.08 Å². The molecule has 6 nitrogen and oxygen atoms in total. The second kappa shape index (κ2) is 12.0. The molecule has 10 heteroatoms. The van der Waals surface area contributed by atoms with E-state index in [1.807, 2.05) is 6.92 Å². The van der Waals surface area contributed by atoms with Gasteiger partial charge in [-0.3, -0.25) is 9.59 Å². The summed E-state index contributed by atoms with van der Waals surface area (Å²) >= 11 is 1.39. The summed E-state index contributed by atoms with van der Waals surface area (Å²) in [6.45, 7) is 9.52. The molecule has 1 aliphatic heterocycles. The highest BCUT2D eigenvalue weighted by molar-refractivity contribution is 7.09. The van der Waals surface area contributed by atoms with Crippen molar-refractivity contribution < 1.29 is 37.7 Å². The lowest BCUT2D eigenvalue weighted by Crippen LogP contribution is -2.52. The molecule has 37 heavy (non-hydrogen) atoms. The van der Waals surface area contributed by atoms with Gasteiger partial charge in [-0.15, -0.1) is 11.3 Å². The monoisotopic (exact) mass is 543 g/mol. The van der Waals surface area contributed by atoms with Gasteiger partial charge in [0.1, 0.15) is 18.3 Å². The van der Waals surface area contributed by atoms with Gasteiger partial charge in [-0.2, -0.15) is 13.2 Å². The van der Waals surface area contributed by atoms with Crippen LogP contribution in [0.2, 0.25) is 0 Å². The molecule has 0 unspecified atom stereocenters. The number of carbonyl (C=O) groups excluding carboxylic acids is 2. The Kier molecular flexibility index (Phi) is 10.1. The van der Waals surface area contributed by atoms with Crippen molar-refractivity contribution in [1.29, 1.82) is 0 Å². The second-order valence-electron chi connectivity index (χ2n) is 10.4. The molecule has 0 saturated heterocycles. The number of rotatable bonds is 2. The van der Waals surface area contributed by atoms with Crippen molar-refractivity contribution in [2.45, 2.75) is 85.3 Å². The van der Waals surface area contributed by atoms with E-state index in [4.69, 9.17) is 4.74 Å². The molecule has 0 saturated carbocycles. The van der Waals surface area contributed by atoms with Crippen LogP contribution in [0, 0.1) is 24.2 Å². The minimum Gasteiger partial charge on any atom is -0.457 e. The van der Waals surface area contributed by atoms with Gasteiger partial charge in [0.05, 0.1) is 16.1 Å². The molecule has 1 aromatic heterocycles. The summed E-state index contributed by atoms with van der Waals surface area (Å²) in [5, 5.41) is 24.1. The van der Waals surface area contributed by atoms with Crippen LogP contribution >= 0.6 is 11.3 Å². The van der Waals surface area contributed by atoms with Crippen LogP contribution in [0.15, 0.2) is 34.8 Å². The molecule has 0 fully saturated rings. The van der Waals surface area contributed by atoms with Gasteiger partial charge >= 0.3 is 12.1 Å². The SMILES string of the molecule is CC(=Cc1csc(C)n1)[C@@H]1CC=C(C(F)(F)F)CC=C[C@@H](C)C[C@@H](C)C(=O)C(C)(C)C(O)(O)CC(=O)O1. The predicted molar refractivity (Wildman–Crippen MR) is 136 cm³/mol. The average Bonchev–Trinajstić information content (AvgIpc) is 3.16. The Morgan fingerprint density at radius 2 is 1.89 bits per heavy atom. The van der Waals surface area contributed by atoms with Gasteiger partial charge in [0.15, 0.2) is 5.79 Å². The Morgan fingerprint density at radius 3 is 2.46 bits per heavy atom. The third-order valence-corrected chi connectivity index (χ3v) is 7.51. The Bertz CT molecular complexity index is 1070. The Hall–Kier alpha value is -2.30. The predicted octanol–water partition coefficient (Wildman–Crippen LogP) is 5.93. The van der Waals surface area contributed by atoms with Crippen molar-refractivity contribution in [1.82, 2.24) is 4.98 Å². The number of ketones is 1. The molecule has 0 bridgehead atoms. The first-order valence-electron chi connectivity index (χ1n) is 12.2. The lowest BCUT2D eigenvalue weighted by molar-refractivity contribution is -0.236. The number of esters is 1. The fraction of sp³-hybridized carbons (Fsp3) is 0.593. The van der Waals surface area contributed by atoms with Crippen LogP contribution in [-0.2, 0) is 14.3 Å². The fourth-order valence-corrected chi connectivity index (χ4v) is 4.84. The van der Waals surface area contributed by atoms with E-state index < -0.39 is 53.1 Å². The van der Waals surface area contributed by atoms with Gasteiger partial charge in [0, 0.05) is 23.3 Å². The highest BCUT2D eigenvalue weighted by Crippen LogP contribution is 2.37. The van der Waals surface area contributed by atoms with E-state index in [1.165, 1.54) is 31.3 Å². The lowest BCUT2D eigenvalue weighted by atomic mass is 9.72. The summed E-state index contributed by atoms with van der Waals surface area (Å²) in [5.41, 5.74) is -1.48. The molecular weight excluding hydrogens is 507 g/mol. The van der Waals surface area contributed by atoms with E-state index in [2.05, 4.69) is 4.98 Å². The number of nitrogens with zero attached hydrogens (tertiary/aromatic N) is 1. The molecule has 0 amide bonds. The number of ether oxygens (including phenoxy) is 1. The van der Waals surface area contributed by atoms with Crippen LogP contribution in [0.1, 0.15) is 71.0 Å². The maximum Gasteiger partial charge on any atom is 0.412 e. The minimum absolute atomic E-state index is 0.228. The highest BCUT2D eigenvalue weighted by Gasteiger charge is 2.50. The lowest BCUT2D eigenvalue weighted by Gasteiger charge is -2.38. The van der Waals surface area contributed by atoms with Crippen LogP contribution < -0.4 is 0 Å².